The van der Waals surface area contributed by atoms with Gasteiger partial charge in [0.15, 0.2) is 0 Å². The Bertz CT molecular complexity index is 287. The molecule has 0 radical (unpaired) electrons. The topological polar surface area (TPSA) is 60.8 Å². The molecule has 3 fully saturated rings. The minimum Gasteiger partial charge on any atom is -0.389 e. The Hall–Kier alpha value is -0.450. The molecule has 2 aliphatic heterocycles. The summed E-state index contributed by atoms with van der Waals surface area (Å²) >= 11 is 0. The molecule has 2 heterocycles. The average Bonchev–Trinajstić information content (AvgIpc) is 2.87. The fraction of sp³-hybridized carbons (Fsp3) is 0.900. The standard InChI is InChI=1S/C10H15NO3/c12-6-5-11-4-1-7(13)10(2-3-10)9(11)8(6)14/h6,8-9,12,14H,1-5H2/t6-,8-,9?/m0/s1. The summed E-state index contributed by atoms with van der Waals surface area (Å²) in [6, 6.07) is -0.0984. The molecule has 1 aliphatic carbocycles. The predicted octanol–water partition coefficient (Wildman–Crippen LogP) is -0.855. The predicted molar refractivity (Wildman–Crippen MR) is 48.7 cm³/mol. The third-order valence-electron chi connectivity index (χ3n) is 4.07. The minimum absolute atomic E-state index is 0.0984. The molecule has 14 heavy (non-hydrogen) atoms. The molecule has 0 aromatic carbocycles. The number of nitrogens with zero attached hydrogens (tertiary/aromatic N) is 1. The van der Waals surface area contributed by atoms with Gasteiger partial charge < -0.3 is 10.2 Å². The van der Waals surface area contributed by atoms with Crippen molar-refractivity contribution in [3.63, 3.8) is 0 Å². The molecule has 1 unspecified atom stereocenters. The molecule has 0 bridgehead atoms. The normalized spacial score (nSPS) is 45.6. The van der Waals surface area contributed by atoms with Gasteiger partial charge in [0.2, 0.25) is 0 Å². The molecule has 3 rings (SSSR count). The van der Waals surface area contributed by atoms with E-state index in [4.69, 9.17) is 0 Å². The van der Waals surface area contributed by atoms with E-state index in [1.54, 1.807) is 0 Å². The van der Waals surface area contributed by atoms with Crippen molar-refractivity contribution in [3.05, 3.63) is 0 Å². The molecule has 4 nitrogen and oxygen atoms in total. The number of piperidine rings is 1. The largest absolute Gasteiger partial charge is 0.389 e. The van der Waals surface area contributed by atoms with Crippen LogP contribution in [0.5, 0.6) is 0 Å². The van der Waals surface area contributed by atoms with E-state index in [9.17, 15) is 15.0 Å². The van der Waals surface area contributed by atoms with Gasteiger partial charge in [-0.2, -0.15) is 0 Å². The molecule has 3 aliphatic rings. The minimum atomic E-state index is -0.721. The maximum atomic E-state index is 11.8. The van der Waals surface area contributed by atoms with Crippen molar-refractivity contribution in [3.8, 4) is 0 Å². The number of carbonyl (C=O) groups is 1. The summed E-state index contributed by atoms with van der Waals surface area (Å²) in [7, 11) is 0. The number of aliphatic hydroxyl groups is 2. The van der Waals surface area contributed by atoms with E-state index in [1.165, 1.54) is 0 Å². The smallest absolute Gasteiger partial charge is 0.141 e. The van der Waals surface area contributed by atoms with E-state index in [0.717, 1.165) is 12.8 Å². The third-order valence-corrected chi connectivity index (χ3v) is 4.07. The van der Waals surface area contributed by atoms with E-state index in [0.29, 0.717) is 25.3 Å². The first-order valence-corrected chi connectivity index (χ1v) is 5.29. The van der Waals surface area contributed by atoms with E-state index >= 15 is 0 Å². The van der Waals surface area contributed by atoms with E-state index in [-0.39, 0.29) is 11.5 Å². The van der Waals surface area contributed by atoms with Gasteiger partial charge >= 0.3 is 0 Å². The first kappa shape index (κ1) is 8.83. The first-order valence-electron chi connectivity index (χ1n) is 5.29. The van der Waals surface area contributed by atoms with Crippen LogP contribution in [0.2, 0.25) is 0 Å². The van der Waals surface area contributed by atoms with Crippen molar-refractivity contribution in [2.24, 2.45) is 5.41 Å². The summed E-state index contributed by atoms with van der Waals surface area (Å²) in [6.07, 6.45) is 1.01. The van der Waals surface area contributed by atoms with Crippen molar-refractivity contribution in [1.29, 1.82) is 0 Å². The van der Waals surface area contributed by atoms with Crippen molar-refractivity contribution >= 4 is 5.78 Å². The van der Waals surface area contributed by atoms with Crippen molar-refractivity contribution < 1.29 is 15.0 Å². The fourth-order valence-electron chi connectivity index (χ4n) is 3.16. The van der Waals surface area contributed by atoms with Gasteiger partial charge in [-0.1, -0.05) is 0 Å². The quantitative estimate of drug-likeness (QED) is 0.531. The van der Waals surface area contributed by atoms with Crippen molar-refractivity contribution in [2.45, 2.75) is 37.5 Å². The second-order valence-corrected chi connectivity index (χ2v) is 4.83. The van der Waals surface area contributed by atoms with Crippen molar-refractivity contribution in [2.75, 3.05) is 13.1 Å². The SMILES string of the molecule is O=C1CCN2C[C@H](O)[C@H](O)C2C12CC2. The lowest BCUT2D eigenvalue weighted by Crippen LogP contribution is -2.51. The van der Waals surface area contributed by atoms with Crippen LogP contribution in [0.1, 0.15) is 19.3 Å². The highest BCUT2D eigenvalue weighted by Crippen LogP contribution is 2.56. The van der Waals surface area contributed by atoms with Crippen LogP contribution in [-0.4, -0.2) is 52.2 Å². The molecule has 0 amide bonds. The molecule has 0 aromatic heterocycles. The van der Waals surface area contributed by atoms with Crippen LogP contribution >= 0.6 is 0 Å². The molecular weight excluding hydrogens is 182 g/mol. The van der Waals surface area contributed by atoms with E-state index < -0.39 is 12.2 Å². The summed E-state index contributed by atoms with van der Waals surface area (Å²) in [5.74, 6) is 0.298. The highest BCUT2D eigenvalue weighted by molar-refractivity contribution is 5.89. The molecular formula is C10H15NO3. The summed E-state index contributed by atoms with van der Waals surface area (Å²) in [4.78, 5) is 13.8. The molecule has 3 atom stereocenters. The molecule has 78 valence electrons. The van der Waals surface area contributed by atoms with Gasteiger partial charge in [-0.15, -0.1) is 0 Å². The second-order valence-electron chi connectivity index (χ2n) is 4.83. The van der Waals surface area contributed by atoms with Gasteiger partial charge in [-0.3, -0.25) is 9.69 Å². The van der Waals surface area contributed by atoms with Gasteiger partial charge in [-0.05, 0) is 12.8 Å². The van der Waals surface area contributed by atoms with E-state index in [1.807, 2.05) is 0 Å². The number of ketones is 1. The molecule has 1 saturated carbocycles. The third kappa shape index (κ3) is 0.912. The first-order chi connectivity index (χ1) is 6.65. The Labute approximate surface area is 82.5 Å². The van der Waals surface area contributed by atoms with Gasteiger partial charge in [0, 0.05) is 24.9 Å². The molecule has 2 saturated heterocycles. The Kier molecular flexibility index (Phi) is 1.62. The number of Topliss-reactive ketones (excluding diaryl/α,β-unsaturated/α-hetero) is 1. The summed E-state index contributed by atoms with van der Waals surface area (Å²) in [5, 5.41) is 19.4. The Balaban J connectivity index is 1.94. The highest BCUT2D eigenvalue weighted by Gasteiger charge is 2.63. The highest BCUT2D eigenvalue weighted by atomic mass is 16.3. The summed E-state index contributed by atoms with van der Waals surface area (Å²) < 4.78 is 0. The maximum Gasteiger partial charge on any atom is 0.141 e. The summed E-state index contributed by atoms with van der Waals surface area (Å²) in [5.41, 5.74) is -0.283. The monoisotopic (exact) mass is 197 g/mol. The van der Waals surface area contributed by atoms with Crippen LogP contribution in [0, 0.1) is 5.41 Å². The zero-order valence-electron chi connectivity index (χ0n) is 8.02. The van der Waals surface area contributed by atoms with Crippen LogP contribution in [0.4, 0.5) is 0 Å². The Morgan fingerprint density at radius 2 is 2.07 bits per heavy atom. The van der Waals surface area contributed by atoms with Crippen LogP contribution in [0.3, 0.4) is 0 Å². The van der Waals surface area contributed by atoms with Gasteiger partial charge in [0.05, 0.1) is 18.2 Å². The van der Waals surface area contributed by atoms with Crippen LogP contribution in [0.15, 0.2) is 0 Å². The number of fused-ring (bicyclic) bond motifs is 2. The Morgan fingerprint density at radius 3 is 2.71 bits per heavy atom. The second kappa shape index (κ2) is 2.56. The summed E-state index contributed by atoms with van der Waals surface area (Å²) in [6.45, 7) is 1.24. The van der Waals surface area contributed by atoms with Crippen LogP contribution in [-0.2, 0) is 4.79 Å². The Morgan fingerprint density at radius 1 is 1.36 bits per heavy atom. The van der Waals surface area contributed by atoms with Gasteiger partial charge in [0.25, 0.3) is 0 Å². The molecule has 4 heteroatoms. The molecule has 1 spiro atoms. The average molecular weight is 197 g/mol. The van der Waals surface area contributed by atoms with Crippen molar-refractivity contribution in [1.82, 2.24) is 4.90 Å². The number of carbonyl (C=O) groups excluding carboxylic acids is 1. The number of aliphatic hydroxyl groups excluding tert-OH is 2. The lowest BCUT2D eigenvalue weighted by molar-refractivity contribution is -0.132. The van der Waals surface area contributed by atoms with Crippen LogP contribution < -0.4 is 0 Å². The van der Waals surface area contributed by atoms with E-state index in [2.05, 4.69) is 4.90 Å². The fourth-order valence-corrected chi connectivity index (χ4v) is 3.16. The maximum absolute atomic E-state index is 11.8. The van der Waals surface area contributed by atoms with Gasteiger partial charge in [0.1, 0.15) is 5.78 Å². The van der Waals surface area contributed by atoms with Gasteiger partial charge in [-0.25, -0.2) is 0 Å². The molecule has 0 aromatic rings. The zero-order valence-corrected chi connectivity index (χ0v) is 8.02. The number of rotatable bonds is 0. The lowest BCUT2D eigenvalue weighted by Gasteiger charge is -2.36. The lowest BCUT2D eigenvalue weighted by atomic mass is 9.83. The molecule has 2 N–H and O–H groups in total. The zero-order chi connectivity index (χ0) is 9.92. The van der Waals surface area contributed by atoms with Crippen LogP contribution in [0.25, 0.3) is 0 Å². The number of hydrogen-bond donors (Lipinski definition) is 2. The number of hydrogen-bond acceptors (Lipinski definition) is 4.